The van der Waals surface area contributed by atoms with Crippen LogP contribution >= 0.6 is 11.8 Å². The Hall–Kier alpha value is -1.94. The molecule has 114 valence electrons. The predicted octanol–water partition coefficient (Wildman–Crippen LogP) is 4.78. The molecule has 2 atom stereocenters. The molecule has 1 amide bonds. The Morgan fingerprint density at radius 1 is 1.32 bits per heavy atom. The Balaban J connectivity index is 1.62. The van der Waals surface area contributed by atoms with Crippen molar-refractivity contribution in [2.75, 3.05) is 11.6 Å². The summed E-state index contributed by atoms with van der Waals surface area (Å²) in [7, 11) is 0. The van der Waals surface area contributed by atoms with Gasteiger partial charge in [0, 0.05) is 16.9 Å². The maximum absolute atomic E-state index is 12.0. The fraction of sp³-hybridized carbons (Fsp3) is 0.278. The Kier molecular flexibility index (Phi) is 4.39. The van der Waals surface area contributed by atoms with Gasteiger partial charge in [0.25, 0.3) is 0 Å². The van der Waals surface area contributed by atoms with Gasteiger partial charge in [0.1, 0.15) is 11.5 Å². The number of anilines is 1. The summed E-state index contributed by atoms with van der Waals surface area (Å²) in [5.41, 5.74) is 0.830. The first-order valence-electron chi connectivity index (χ1n) is 7.39. The van der Waals surface area contributed by atoms with Gasteiger partial charge in [0.15, 0.2) is 0 Å². The monoisotopic (exact) mass is 313 g/mol. The van der Waals surface area contributed by atoms with Gasteiger partial charge in [-0.2, -0.15) is 0 Å². The average Bonchev–Trinajstić information content (AvgIpc) is 3.07. The van der Waals surface area contributed by atoms with E-state index in [1.807, 2.05) is 42.7 Å². The van der Waals surface area contributed by atoms with Gasteiger partial charge in [-0.25, -0.2) is 0 Å². The lowest BCUT2D eigenvalue weighted by molar-refractivity contribution is -0.111. The molecule has 0 saturated heterocycles. The van der Waals surface area contributed by atoms with E-state index in [9.17, 15) is 4.79 Å². The number of benzene rings is 1. The number of nitrogens with one attached hydrogen (secondary N) is 1. The fourth-order valence-corrected chi connectivity index (χ4v) is 3.01. The molecule has 1 N–H and O–H groups in total. The number of carbonyl (C=O) groups is 1. The molecule has 1 saturated carbocycles. The molecule has 1 aromatic heterocycles. The van der Waals surface area contributed by atoms with Gasteiger partial charge in [0.2, 0.25) is 5.91 Å². The summed E-state index contributed by atoms with van der Waals surface area (Å²) >= 11 is 1.61. The van der Waals surface area contributed by atoms with E-state index in [-0.39, 0.29) is 5.91 Å². The van der Waals surface area contributed by atoms with Crippen molar-refractivity contribution in [1.29, 1.82) is 0 Å². The first kappa shape index (κ1) is 15.0. The largest absolute Gasteiger partial charge is 0.461 e. The van der Waals surface area contributed by atoms with E-state index in [4.69, 9.17) is 4.42 Å². The highest BCUT2D eigenvalue weighted by Gasteiger charge is 2.36. The number of furan rings is 1. The van der Waals surface area contributed by atoms with Crippen molar-refractivity contribution in [3.05, 3.63) is 54.0 Å². The molecule has 1 aliphatic rings. The van der Waals surface area contributed by atoms with Gasteiger partial charge in [-0.05, 0) is 48.9 Å². The molecule has 2 unspecified atom stereocenters. The van der Waals surface area contributed by atoms with Crippen molar-refractivity contribution in [1.82, 2.24) is 0 Å². The van der Waals surface area contributed by atoms with Gasteiger partial charge < -0.3 is 9.73 Å². The van der Waals surface area contributed by atoms with E-state index in [0.717, 1.165) is 22.1 Å². The van der Waals surface area contributed by atoms with Crippen molar-refractivity contribution in [2.24, 2.45) is 5.92 Å². The van der Waals surface area contributed by atoms with Crippen LogP contribution in [0.2, 0.25) is 0 Å². The number of para-hydroxylation sites is 1. The molecule has 1 heterocycles. The first-order valence-corrected chi connectivity index (χ1v) is 8.61. The lowest BCUT2D eigenvalue weighted by Gasteiger charge is -2.06. The minimum absolute atomic E-state index is 0.153. The second-order valence-corrected chi connectivity index (χ2v) is 6.43. The average molecular weight is 313 g/mol. The van der Waals surface area contributed by atoms with Gasteiger partial charge in [-0.3, -0.25) is 4.79 Å². The summed E-state index contributed by atoms with van der Waals surface area (Å²) in [5.74, 6) is 2.88. The fourth-order valence-electron chi connectivity index (χ4n) is 2.46. The van der Waals surface area contributed by atoms with Crippen LogP contribution in [0.5, 0.6) is 0 Å². The van der Waals surface area contributed by atoms with E-state index in [2.05, 4.69) is 12.2 Å². The van der Waals surface area contributed by atoms with Crippen LogP contribution in [0.25, 0.3) is 6.08 Å². The number of rotatable bonds is 5. The molecule has 4 heteroatoms. The maximum Gasteiger partial charge on any atom is 0.248 e. The van der Waals surface area contributed by atoms with Crippen LogP contribution in [-0.2, 0) is 4.79 Å². The van der Waals surface area contributed by atoms with Gasteiger partial charge in [-0.15, -0.1) is 11.8 Å². The number of hydrogen-bond acceptors (Lipinski definition) is 3. The summed E-state index contributed by atoms with van der Waals surface area (Å²) in [6.45, 7) is 2.22. The molecular weight excluding hydrogens is 294 g/mol. The van der Waals surface area contributed by atoms with E-state index in [0.29, 0.717) is 11.8 Å². The lowest BCUT2D eigenvalue weighted by atomic mass is 10.3. The van der Waals surface area contributed by atoms with E-state index >= 15 is 0 Å². The van der Waals surface area contributed by atoms with Crippen molar-refractivity contribution < 1.29 is 9.21 Å². The Morgan fingerprint density at radius 3 is 2.82 bits per heavy atom. The number of thioether (sulfide) groups is 1. The topological polar surface area (TPSA) is 42.2 Å². The zero-order valence-electron chi connectivity index (χ0n) is 12.7. The summed E-state index contributed by atoms with van der Waals surface area (Å²) in [6, 6.07) is 11.7. The number of amides is 1. The minimum atomic E-state index is -0.153. The van der Waals surface area contributed by atoms with Crippen molar-refractivity contribution >= 4 is 29.4 Å². The van der Waals surface area contributed by atoms with Crippen LogP contribution in [0.1, 0.15) is 30.8 Å². The van der Waals surface area contributed by atoms with Crippen molar-refractivity contribution in [3.8, 4) is 0 Å². The third-order valence-electron chi connectivity index (χ3n) is 3.89. The second kappa shape index (κ2) is 6.44. The molecule has 0 radical (unpaired) electrons. The highest BCUT2D eigenvalue weighted by molar-refractivity contribution is 7.98. The van der Waals surface area contributed by atoms with Crippen molar-refractivity contribution in [3.63, 3.8) is 0 Å². The van der Waals surface area contributed by atoms with Gasteiger partial charge in [-0.1, -0.05) is 19.1 Å². The molecule has 1 aromatic carbocycles. The standard InChI is InChI=1S/C18H19NO2S/c1-12-11-14(12)16-9-7-13(21-16)8-10-18(20)19-15-5-3-4-6-17(15)22-2/h3-10,12,14H,11H2,1-2H3,(H,19,20)/b10-8+. The van der Waals surface area contributed by atoms with E-state index < -0.39 is 0 Å². The molecule has 2 aromatic rings. The highest BCUT2D eigenvalue weighted by atomic mass is 32.2. The summed E-state index contributed by atoms with van der Waals surface area (Å²) < 4.78 is 5.75. The zero-order valence-corrected chi connectivity index (χ0v) is 13.5. The molecule has 0 aliphatic heterocycles. The second-order valence-electron chi connectivity index (χ2n) is 5.58. The summed E-state index contributed by atoms with van der Waals surface area (Å²) in [4.78, 5) is 13.1. The predicted molar refractivity (Wildman–Crippen MR) is 91.1 cm³/mol. The first-order chi connectivity index (χ1) is 10.7. The highest BCUT2D eigenvalue weighted by Crippen LogP contribution is 2.47. The molecule has 3 rings (SSSR count). The van der Waals surface area contributed by atoms with Crippen molar-refractivity contribution in [2.45, 2.75) is 24.2 Å². The number of hydrogen-bond donors (Lipinski definition) is 1. The Morgan fingerprint density at radius 2 is 2.09 bits per heavy atom. The van der Waals surface area contributed by atoms with Gasteiger partial charge in [0.05, 0.1) is 5.69 Å². The van der Waals surface area contributed by atoms with Crippen LogP contribution in [0.3, 0.4) is 0 Å². The van der Waals surface area contributed by atoms with E-state index in [1.165, 1.54) is 12.5 Å². The van der Waals surface area contributed by atoms with Crippen LogP contribution < -0.4 is 5.32 Å². The van der Waals surface area contributed by atoms with Crippen LogP contribution in [-0.4, -0.2) is 12.2 Å². The molecular formula is C18H19NO2S. The smallest absolute Gasteiger partial charge is 0.248 e. The lowest BCUT2D eigenvalue weighted by Crippen LogP contribution is -2.08. The normalized spacial score (nSPS) is 20.3. The molecule has 1 aliphatic carbocycles. The molecule has 1 fully saturated rings. The molecule has 0 spiro atoms. The Labute approximate surface area is 134 Å². The van der Waals surface area contributed by atoms with E-state index in [1.54, 1.807) is 17.8 Å². The zero-order chi connectivity index (χ0) is 15.5. The summed E-state index contributed by atoms with van der Waals surface area (Å²) in [5, 5.41) is 2.89. The van der Waals surface area contributed by atoms with Gasteiger partial charge >= 0.3 is 0 Å². The quantitative estimate of drug-likeness (QED) is 0.638. The van der Waals surface area contributed by atoms with Crippen LogP contribution in [0.15, 0.2) is 51.8 Å². The molecule has 3 nitrogen and oxygen atoms in total. The van der Waals surface area contributed by atoms with Crippen LogP contribution in [0, 0.1) is 5.92 Å². The summed E-state index contributed by atoms with van der Waals surface area (Å²) in [6.07, 6.45) is 6.41. The molecule has 0 bridgehead atoms. The third-order valence-corrected chi connectivity index (χ3v) is 4.68. The molecule has 22 heavy (non-hydrogen) atoms. The minimum Gasteiger partial charge on any atom is -0.461 e. The maximum atomic E-state index is 12.0. The van der Waals surface area contributed by atoms with Crippen LogP contribution in [0.4, 0.5) is 5.69 Å². The number of carbonyl (C=O) groups excluding carboxylic acids is 1. The SMILES string of the molecule is CSc1ccccc1NC(=O)/C=C/c1ccc(C2CC2C)o1. The third kappa shape index (κ3) is 3.45. The Bertz CT molecular complexity index is 705.